The van der Waals surface area contributed by atoms with Gasteiger partial charge in [0.1, 0.15) is 17.3 Å². The minimum Gasteiger partial charge on any atom is -0.497 e. The van der Waals surface area contributed by atoms with Gasteiger partial charge in [0.15, 0.2) is 0 Å². The van der Waals surface area contributed by atoms with Crippen molar-refractivity contribution < 1.29 is 18.7 Å². The van der Waals surface area contributed by atoms with Crippen LogP contribution in [0.4, 0.5) is 15.8 Å². The molecule has 29 heavy (non-hydrogen) atoms. The predicted molar refractivity (Wildman–Crippen MR) is 109 cm³/mol. The van der Waals surface area contributed by atoms with Crippen LogP contribution in [0.2, 0.25) is 0 Å². The van der Waals surface area contributed by atoms with Crippen LogP contribution in [0.3, 0.4) is 0 Å². The fourth-order valence-electron chi connectivity index (χ4n) is 3.18. The number of carbonyl (C=O) groups is 2. The number of imide groups is 1. The zero-order chi connectivity index (χ0) is 20.4. The van der Waals surface area contributed by atoms with Gasteiger partial charge < -0.3 is 10.1 Å². The molecule has 3 aromatic carbocycles. The van der Waals surface area contributed by atoms with Crippen molar-refractivity contribution in [2.24, 2.45) is 0 Å². The number of halogens is 1. The van der Waals surface area contributed by atoms with Crippen molar-refractivity contribution >= 4 is 28.8 Å². The second-order valence-corrected chi connectivity index (χ2v) is 6.40. The Bertz CT molecular complexity index is 1110. The van der Waals surface area contributed by atoms with Gasteiger partial charge in [0.05, 0.1) is 18.4 Å². The maximum Gasteiger partial charge on any atom is 0.282 e. The molecule has 1 aliphatic rings. The van der Waals surface area contributed by atoms with Crippen molar-refractivity contribution in [2.75, 3.05) is 17.3 Å². The maximum absolute atomic E-state index is 13.3. The minimum absolute atomic E-state index is 0.135. The molecule has 0 atom stereocenters. The Hall–Kier alpha value is -3.93. The summed E-state index contributed by atoms with van der Waals surface area (Å²) in [6.07, 6.45) is 0. The van der Waals surface area contributed by atoms with Gasteiger partial charge in [-0.1, -0.05) is 36.4 Å². The van der Waals surface area contributed by atoms with Crippen molar-refractivity contribution in [1.82, 2.24) is 0 Å². The van der Waals surface area contributed by atoms with Crippen LogP contribution < -0.4 is 15.0 Å². The van der Waals surface area contributed by atoms with Gasteiger partial charge in [0.25, 0.3) is 11.8 Å². The second-order valence-electron chi connectivity index (χ2n) is 6.40. The number of nitrogens with one attached hydrogen (secondary N) is 1. The highest BCUT2D eigenvalue weighted by Crippen LogP contribution is 2.34. The van der Waals surface area contributed by atoms with Gasteiger partial charge in [-0.2, -0.15) is 0 Å². The van der Waals surface area contributed by atoms with Crippen LogP contribution >= 0.6 is 0 Å². The number of nitrogens with zero attached hydrogens (tertiary/aromatic N) is 1. The monoisotopic (exact) mass is 388 g/mol. The fraction of sp³-hybridized carbons (Fsp3) is 0.0435. The number of hydrogen-bond donors (Lipinski definition) is 1. The first-order chi connectivity index (χ1) is 14.1. The highest BCUT2D eigenvalue weighted by Gasteiger charge is 2.40. The molecule has 3 aromatic rings. The molecule has 0 saturated heterocycles. The first kappa shape index (κ1) is 18.4. The predicted octanol–water partition coefficient (Wildman–Crippen LogP) is 4.23. The van der Waals surface area contributed by atoms with E-state index in [0.29, 0.717) is 22.7 Å². The first-order valence-electron chi connectivity index (χ1n) is 8.93. The van der Waals surface area contributed by atoms with Crippen LogP contribution in [0.25, 0.3) is 5.57 Å². The summed E-state index contributed by atoms with van der Waals surface area (Å²) in [5.41, 5.74) is 1.91. The van der Waals surface area contributed by atoms with E-state index in [0.717, 1.165) is 4.90 Å². The van der Waals surface area contributed by atoms with Crippen molar-refractivity contribution in [2.45, 2.75) is 0 Å². The van der Waals surface area contributed by atoms with E-state index in [-0.39, 0.29) is 17.1 Å². The molecule has 144 valence electrons. The van der Waals surface area contributed by atoms with E-state index < -0.39 is 11.8 Å². The van der Waals surface area contributed by atoms with E-state index in [2.05, 4.69) is 5.32 Å². The number of methoxy groups -OCH3 is 1. The highest BCUT2D eigenvalue weighted by molar-refractivity contribution is 6.46. The van der Waals surface area contributed by atoms with Crippen molar-refractivity contribution in [3.8, 4) is 5.75 Å². The summed E-state index contributed by atoms with van der Waals surface area (Å²) in [6.45, 7) is 0. The molecular formula is C23H17FN2O3. The molecule has 4 rings (SSSR count). The van der Waals surface area contributed by atoms with Crippen LogP contribution in [0.5, 0.6) is 5.75 Å². The zero-order valence-corrected chi connectivity index (χ0v) is 15.6. The molecule has 0 aromatic heterocycles. The molecule has 5 nitrogen and oxygen atoms in total. The van der Waals surface area contributed by atoms with E-state index in [9.17, 15) is 14.0 Å². The molecule has 6 heteroatoms. The Balaban J connectivity index is 1.80. The van der Waals surface area contributed by atoms with Gasteiger partial charge >= 0.3 is 0 Å². The summed E-state index contributed by atoms with van der Waals surface area (Å²) in [5.74, 6) is -0.797. The zero-order valence-electron chi connectivity index (χ0n) is 15.6. The topological polar surface area (TPSA) is 58.6 Å². The largest absolute Gasteiger partial charge is 0.497 e. The van der Waals surface area contributed by atoms with Gasteiger partial charge in [-0.05, 0) is 42.0 Å². The molecule has 0 aliphatic carbocycles. The summed E-state index contributed by atoms with van der Waals surface area (Å²) in [7, 11) is 1.52. The lowest BCUT2D eigenvalue weighted by molar-refractivity contribution is -0.120. The molecular weight excluding hydrogens is 371 g/mol. The van der Waals surface area contributed by atoms with E-state index in [4.69, 9.17) is 4.74 Å². The Morgan fingerprint density at radius 3 is 2.28 bits per heavy atom. The van der Waals surface area contributed by atoms with Crippen LogP contribution in [0.1, 0.15) is 5.56 Å². The number of rotatable bonds is 5. The third-order valence-corrected chi connectivity index (χ3v) is 4.57. The number of ether oxygens (including phenoxy) is 1. The molecule has 0 spiro atoms. The number of amides is 2. The average molecular weight is 388 g/mol. The molecule has 0 saturated carbocycles. The van der Waals surface area contributed by atoms with Gasteiger partial charge in [-0.15, -0.1) is 0 Å². The Kier molecular flexibility index (Phi) is 4.83. The van der Waals surface area contributed by atoms with Crippen molar-refractivity contribution in [3.63, 3.8) is 0 Å². The molecule has 1 N–H and O–H groups in total. The quantitative estimate of drug-likeness (QED) is 0.665. The Labute approximate surface area is 167 Å². The summed E-state index contributed by atoms with van der Waals surface area (Å²) >= 11 is 0. The van der Waals surface area contributed by atoms with E-state index in [1.807, 2.05) is 6.07 Å². The van der Waals surface area contributed by atoms with Gasteiger partial charge in [-0.25, -0.2) is 9.29 Å². The molecule has 0 unspecified atom stereocenters. The normalized spacial score (nSPS) is 13.8. The van der Waals surface area contributed by atoms with E-state index in [1.165, 1.54) is 31.4 Å². The number of benzene rings is 3. The summed E-state index contributed by atoms with van der Waals surface area (Å²) in [5, 5.41) is 2.99. The van der Waals surface area contributed by atoms with Gasteiger partial charge in [-0.3, -0.25) is 9.59 Å². The summed E-state index contributed by atoms with van der Waals surface area (Å²) in [6, 6.07) is 21.3. The molecule has 0 bridgehead atoms. The van der Waals surface area contributed by atoms with Gasteiger partial charge in [0, 0.05) is 11.8 Å². The van der Waals surface area contributed by atoms with Crippen molar-refractivity contribution in [3.05, 3.63) is 95.9 Å². The summed E-state index contributed by atoms with van der Waals surface area (Å²) in [4.78, 5) is 27.6. The Morgan fingerprint density at radius 1 is 0.862 bits per heavy atom. The summed E-state index contributed by atoms with van der Waals surface area (Å²) < 4.78 is 18.5. The second kappa shape index (κ2) is 7.59. The Morgan fingerprint density at radius 2 is 1.59 bits per heavy atom. The van der Waals surface area contributed by atoms with Gasteiger partial charge in [0.2, 0.25) is 0 Å². The lowest BCUT2D eigenvalue weighted by Gasteiger charge is -2.16. The van der Waals surface area contributed by atoms with Crippen LogP contribution in [-0.2, 0) is 9.59 Å². The van der Waals surface area contributed by atoms with Crippen LogP contribution in [0, 0.1) is 5.82 Å². The third kappa shape index (κ3) is 3.48. The highest BCUT2D eigenvalue weighted by atomic mass is 19.1. The van der Waals surface area contributed by atoms with Crippen LogP contribution in [-0.4, -0.2) is 18.9 Å². The number of hydrogen-bond acceptors (Lipinski definition) is 4. The lowest BCUT2D eigenvalue weighted by Crippen LogP contribution is -2.32. The fourth-order valence-corrected chi connectivity index (χ4v) is 3.18. The van der Waals surface area contributed by atoms with Crippen molar-refractivity contribution in [1.29, 1.82) is 0 Å². The number of carbonyl (C=O) groups excluding carboxylic acids is 2. The van der Waals surface area contributed by atoms with E-state index >= 15 is 0 Å². The van der Waals surface area contributed by atoms with E-state index in [1.54, 1.807) is 48.5 Å². The average Bonchev–Trinajstić information content (AvgIpc) is 2.99. The smallest absolute Gasteiger partial charge is 0.282 e. The molecule has 0 fully saturated rings. The van der Waals surface area contributed by atoms with Crippen LogP contribution in [0.15, 0.2) is 84.6 Å². The maximum atomic E-state index is 13.3. The molecule has 1 aliphatic heterocycles. The SMILES string of the molecule is COc1cccc(N2C(=O)C(Nc3ccc(F)cc3)=C(c3ccccc3)C2=O)c1. The molecule has 2 amide bonds. The number of anilines is 2. The first-order valence-corrected chi connectivity index (χ1v) is 8.93. The minimum atomic E-state index is -0.494. The lowest BCUT2D eigenvalue weighted by atomic mass is 10.0. The third-order valence-electron chi connectivity index (χ3n) is 4.57. The standard InChI is InChI=1S/C23H17FN2O3/c1-29-19-9-5-8-18(14-19)26-22(27)20(15-6-3-2-4-7-15)21(23(26)28)25-17-12-10-16(24)11-13-17/h2-14,25H,1H3. The molecule has 1 heterocycles. The molecule has 0 radical (unpaired) electrons.